The van der Waals surface area contributed by atoms with Gasteiger partial charge in [0.15, 0.2) is 6.29 Å². The van der Waals surface area contributed by atoms with Gasteiger partial charge in [0.05, 0.1) is 0 Å². The van der Waals surface area contributed by atoms with Crippen molar-refractivity contribution in [3.05, 3.63) is 0 Å². The highest BCUT2D eigenvalue weighted by Gasteiger charge is 2.10. The molecule has 0 N–H and O–H groups in total. The van der Waals surface area contributed by atoms with Gasteiger partial charge in [-0.25, -0.2) is 0 Å². The van der Waals surface area contributed by atoms with Crippen LogP contribution in [-0.4, -0.2) is 25.3 Å². The number of rotatable bonds is 33. The largest absolute Gasteiger partial charge is 0.353 e. The third-order valence-corrected chi connectivity index (χ3v) is 7.81. The number of carbonyl (C=O) groups is 1. The van der Waals surface area contributed by atoms with Crippen molar-refractivity contribution in [2.24, 2.45) is 0 Å². The van der Waals surface area contributed by atoms with E-state index in [4.69, 9.17) is 9.47 Å². The summed E-state index contributed by atoms with van der Waals surface area (Å²) < 4.78 is 12.4. The number of ether oxygens (including phenoxy) is 2. The third kappa shape index (κ3) is 30.1. The molecule has 0 saturated heterocycles. The van der Waals surface area contributed by atoms with E-state index in [1.807, 2.05) is 0 Å². The van der Waals surface area contributed by atoms with E-state index in [0.29, 0.717) is 5.78 Å². The maximum atomic E-state index is 12.1. The van der Waals surface area contributed by atoms with E-state index in [0.717, 1.165) is 58.2 Å². The number of hydrogen-bond acceptors (Lipinski definition) is 3. The van der Waals surface area contributed by atoms with Gasteiger partial charge >= 0.3 is 0 Å². The first-order chi connectivity index (χ1) is 18.7. The zero-order chi connectivity index (χ0) is 27.8. The molecule has 0 aromatic heterocycles. The molecule has 0 heterocycles. The first kappa shape index (κ1) is 37.6. The van der Waals surface area contributed by atoms with Crippen LogP contribution < -0.4 is 0 Å². The second-order valence-electron chi connectivity index (χ2n) is 11.8. The molecular formula is C35H70O3. The van der Waals surface area contributed by atoms with Gasteiger partial charge in [-0.1, -0.05) is 149 Å². The standard InChI is InChI=1S/C35H70O3/c1-4-7-10-13-16-22-27-32-37-35(38-33-28-23-17-14-11-8-5-2)31-26-21-18-20-25-30-34(36)29-24-19-15-12-9-6-3/h35H,4-33H2,1-3H3. The molecule has 0 aromatic carbocycles. The van der Waals surface area contributed by atoms with Crippen molar-refractivity contribution in [1.29, 1.82) is 0 Å². The lowest BCUT2D eigenvalue weighted by Crippen LogP contribution is -2.19. The van der Waals surface area contributed by atoms with Gasteiger partial charge in [0, 0.05) is 26.1 Å². The zero-order valence-corrected chi connectivity index (χ0v) is 26.5. The predicted molar refractivity (Wildman–Crippen MR) is 167 cm³/mol. The van der Waals surface area contributed by atoms with Crippen molar-refractivity contribution in [3.8, 4) is 0 Å². The summed E-state index contributed by atoms with van der Waals surface area (Å²) in [5.41, 5.74) is 0. The number of hydrogen-bond donors (Lipinski definition) is 0. The molecule has 0 bridgehead atoms. The first-order valence-electron chi connectivity index (χ1n) is 17.5. The monoisotopic (exact) mass is 539 g/mol. The molecule has 3 heteroatoms. The summed E-state index contributed by atoms with van der Waals surface area (Å²) in [6, 6.07) is 0. The Bertz CT molecular complexity index is 430. The fraction of sp³-hybridized carbons (Fsp3) is 0.971. The Kier molecular flexibility index (Phi) is 32.4. The number of carbonyl (C=O) groups excluding carboxylic acids is 1. The SMILES string of the molecule is CCCCCCCCCOC(CCCCCCCC(=O)CCCCCCCC)OCCCCCCCCC. The van der Waals surface area contributed by atoms with E-state index < -0.39 is 0 Å². The quantitative estimate of drug-likeness (QED) is 0.0615. The van der Waals surface area contributed by atoms with Gasteiger partial charge in [0.25, 0.3) is 0 Å². The van der Waals surface area contributed by atoms with Gasteiger partial charge in [-0.2, -0.15) is 0 Å². The molecule has 0 unspecified atom stereocenters. The third-order valence-electron chi connectivity index (χ3n) is 7.81. The van der Waals surface area contributed by atoms with Crippen LogP contribution in [0.15, 0.2) is 0 Å². The van der Waals surface area contributed by atoms with Crippen LogP contribution in [0.5, 0.6) is 0 Å². The van der Waals surface area contributed by atoms with Crippen molar-refractivity contribution < 1.29 is 14.3 Å². The molecule has 0 saturated carbocycles. The van der Waals surface area contributed by atoms with E-state index in [9.17, 15) is 4.79 Å². The Morgan fingerprint density at radius 1 is 0.421 bits per heavy atom. The van der Waals surface area contributed by atoms with Gasteiger partial charge in [0.1, 0.15) is 5.78 Å². The second-order valence-corrected chi connectivity index (χ2v) is 11.8. The molecule has 0 aliphatic heterocycles. The number of ketones is 1. The lowest BCUT2D eigenvalue weighted by atomic mass is 10.0. The maximum Gasteiger partial charge on any atom is 0.157 e. The Morgan fingerprint density at radius 2 is 0.737 bits per heavy atom. The summed E-state index contributed by atoms with van der Waals surface area (Å²) in [7, 11) is 0. The summed E-state index contributed by atoms with van der Waals surface area (Å²) in [5.74, 6) is 0.484. The van der Waals surface area contributed by atoms with E-state index in [1.165, 1.54) is 135 Å². The fourth-order valence-electron chi connectivity index (χ4n) is 5.15. The average molecular weight is 539 g/mol. The molecule has 3 nitrogen and oxygen atoms in total. The van der Waals surface area contributed by atoms with Gasteiger partial charge in [-0.05, 0) is 38.5 Å². The highest BCUT2D eigenvalue weighted by Crippen LogP contribution is 2.15. The highest BCUT2D eigenvalue weighted by molar-refractivity contribution is 5.78. The van der Waals surface area contributed by atoms with Crippen LogP contribution in [-0.2, 0) is 14.3 Å². The minimum absolute atomic E-state index is 0.0194. The maximum absolute atomic E-state index is 12.1. The molecule has 0 radical (unpaired) electrons. The molecule has 0 aromatic rings. The van der Waals surface area contributed by atoms with E-state index in [2.05, 4.69) is 20.8 Å². The molecule has 228 valence electrons. The Morgan fingerprint density at radius 3 is 1.13 bits per heavy atom. The van der Waals surface area contributed by atoms with Crippen LogP contribution in [0.1, 0.15) is 201 Å². The molecule has 0 aliphatic rings. The fourth-order valence-corrected chi connectivity index (χ4v) is 5.15. The molecule has 0 spiro atoms. The van der Waals surface area contributed by atoms with Crippen molar-refractivity contribution in [2.45, 2.75) is 207 Å². The molecule has 0 amide bonds. The molecule has 38 heavy (non-hydrogen) atoms. The van der Waals surface area contributed by atoms with Crippen LogP contribution in [0.25, 0.3) is 0 Å². The van der Waals surface area contributed by atoms with Crippen molar-refractivity contribution in [1.82, 2.24) is 0 Å². The first-order valence-corrected chi connectivity index (χ1v) is 17.5. The lowest BCUT2D eigenvalue weighted by Gasteiger charge is -2.19. The van der Waals surface area contributed by atoms with Crippen LogP contribution in [0.4, 0.5) is 0 Å². The van der Waals surface area contributed by atoms with Crippen LogP contribution in [0.2, 0.25) is 0 Å². The molecule has 0 aliphatic carbocycles. The minimum atomic E-state index is -0.0194. The summed E-state index contributed by atoms with van der Waals surface area (Å²) >= 11 is 0. The van der Waals surface area contributed by atoms with Crippen molar-refractivity contribution in [2.75, 3.05) is 13.2 Å². The van der Waals surface area contributed by atoms with Gasteiger partial charge in [-0.3, -0.25) is 4.79 Å². The van der Waals surface area contributed by atoms with Crippen LogP contribution in [0.3, 0.4) is 0 Å². The number of Topliss-reactive ketones (excluding diaryl/α,β-unsaturated/α-hetero) is 1. The van der Waals surface area contributed by atoms with Gasteiger partial charge in [0.2, 0.25) is 0 Å². The smallest absolute Gasteiger partial charge is 0.157 e. The summed E-state index contributed by atoms with van der Waals surface area (Å²) in [6.07, 6.45) is 34.5. The summed E-state index contributed by atoms with van der Waals surface area (Å²) in [6.45, 7) is 8.49. The molecule has 0 fully saturated rings. The molecule has 0 atom stereocenters. The molecule has 0 rings (SSSR count). The Hall–Kier alpha value is -0.410. The van der Waals surface area contributed by atoms with Gasteiger partial charge in [-0.15, -0.1) is 0 Å². The number of unbranched alkanes of at least 4 members (excludes halogenated alkanes) is 21. The Balaban J connectivity index is 3.89. The second kappa shape index (κ2) is 32.8. The van der Waals surface area contributed by atoms with Crippen LogP contribution in [0, 0.1) is 0 Å². The predicted octanol–water partition coefficient (Wildman–Crippen LogP) is 11.9. The summed E-state index contributed by atoms with van der Waals surface area (Å²) in [5, 5.41) is 0. The normalized spacial score (nSPS) is 11.6. The zero-order valence-electron chi connectivity index (χ0n) is 26.5. The highest BCUT2D eigenvalue weighted by atomic mass is 16.7. The topological polar surface area (TPSA) is 35.5 Å². The summed E-state index contributed by atoms with van der Waals surface area (Å²) in [4.78, 5) is 12.1. The lowest BCUT2D eigenvalue weighted by molar-refractivity contribution is -0.148. The Labute approximate surface area is 240 Å². The van der Waals surface area contributed by atoms with Crippen molar-refractivity contribution in [3.63, 3.8) is 0 Å². The minimum Gasteiger partial charge on any atom is -0.353 e. The van der Waals surface area contributed by atoms with E-state index in [1.54, 1.807) is 0 Å². The van der Waals surface area contributed by atoms with E-state index >= 15 is 0 Å². The average Bonchev–Trinajstić information content (AvgIpc) is 2.92. The molecular weight excluding hydrogens is 468 g/mol. The van der Waals surface area contributed by atoms with Crippen LogP contribution >= 0.6 is 0 Å². The van der Waals surface area contributed by atoms with Gasteiger partial charge < -0.3 is 9.47 Å². The van der Waals surface area contributed by atoms with Crippen molar-refractivity contribution >= 4 is 5.78 Å². The van der Waals surface area contributed by atoms with E-state index in [-0.39, 0.29) is 6.29 Å².